The molecule has 2 amide bonds. The molecule has 3 N–H and O–H groups in total. The second-order valence-electron chi connectivity index (χ2n) is 6.58. The molecule has 0 aliphatic carbocycles. The Morgan fingerprint density at radius 2 is 2.12 bits per heavy atom. The number of benzene rings is 1. The minimum atomic E-state index is -0.138. The van der Waals surface area contributed by atoms with Gasteiger partial charge in [-0.25, -0.2) is 9.78 Å². The molecule has 0 radical (unpaired) electrons. The summed E-state index contributed by atoms with van der Waals surface area (Å²) in [4.78, 5) is 21.9. The minimum absolute atomic E-state index is 0.138. The number of imidazole rings is 1. The molecular formula is C18H25N5O. The van der Waals surface area contributed by atoms with E-state index in [0.717, 1.165) is 43.3 Å². The van der Waals surface area contributed by atoms with Gasteiger partial charge in [0.15, 0.2) is 0 Å². The average Bonchev–Trinajstić information content (AvgIpc) is 3.17. The molecule has 3 rings (SSSR count). The molecule has 2 heterocycles. The smallest absolute Gasteiger partial charge is 0.319 e. The standard InChI is InChI=1S/C18H25N5O/c1-13-3-5-16(6-4-13)22-18(24)20-9-15-7-8-23(11-15)12-17-10-19-14(2)21-17/h3-6,10,15H,7-9,11-12H2,1-2H3,(H,19,21)(H2,20,22,24)/t15-/m0/s1. The van der Waals surface area contributed by atoms with Crippen molar-refractivity contribution in [2.45, 2.75) is 26.8 Å². The van der Waals surface area contributed by atoms with Crippen LogP contribution in [0.1, 0.15) is 23.5 Å². The summed E-state index contributed by atoms with van der Waals surface area (Å²) >= 11 is 0. The van der Waals surface area contributed by atoms with Crippen LogP contribution < -0.4 is 10.6 Å². The first-order valence-corrected chi connectivity index (χ1v) is 8.43. The number of carbonyl (C=O) groups excluding carboxylic acids is 1. The van der Waals surface area contributed by atoms with E-state index in [0.29, 0.717) is 12.5 Å². The van der Waals surface area contributed by atoms with Crippen LogP contribution in [0.2, 0.25) is 0 Å². The minimum Gasteiger partial charge on any atom is -0.345 e. The number of hydrogen-bond acceptors (Lipinski definition) is 3. The molecule has 6 nitrogen and oxygen atoms in total. The van der Waals surface area contributed by atoms with E-state index >= 15 is 0 Å². The molecular weight excluding hydrogens is 302 g/mol. The van der Waals surface area contributed by atoms with Crippen LogP contribution in [0.15, 0.2) is 30.5 Å². The number of aromatic nitrogens is 2. The Labute approximate surface area is 142 Å². The van der Waals surface area contributed by atoms with Gasteiger partial charge in [-0.3, -0.25) is 4.90 Å². The molecule has 0 unspecified atom stereocenters. The lowest BCUT2D eigenvalue weighted by Crippen LogP contribution is -2.34. The Kier molecular flexibility index (Phi) is 5.15. The molecule has 1 aromatic carbocycles. The van der Waals surface area contributed by atoms with Crippen LogP contribution in [-0.2, 0) is 6.54 Å². The summed E-state index contributed by atoms with van der Waals surface area (Å²) in [5.41, 5.74) is 3.15. The zero-order valence-electron chi connectivity index (χ0n) is 14.3. The van der Waals surface area contributed by atoms with Gasteiger partial charge in [-0.15, -0.1) is 0 Å². The van der Waals surface area contributed by atoms with E-state index in [1.54, 1.807) is 0 Å². The van der Waals surface area contributed by atoms with Gasteiger partial charge >= 0.3 is 6.03 Å². The normalized spacial score (nSPS) is 17.8. The van der Waals surface area contributed by atoms with Gasteiger partial charge in [0.1, 0.15) is 5.82 Å². The number of urea groups is 1. The second-order valence-corrected chi connectivity index (χ2v) is 6.58. The molecule has 1 aromatic heterocycles. The van der Waals surface area contributed by atoms with E-state index in [-0.39, 0.29) is 6.03 Å². The summed E-state index contributed by atoms with van der Waals surface area (Å²) in [7, 11) is 0. The molecule has 1 aliphatic heterocycles. The summed E-state index contributed by atoms with van der Waals surface area (Å²) in [5, 5.41) is 5.85. The monoisotopic (exact) mass is 327 g/mol. The van der Waals surface area contributed by atoms with Crippen LogP contribution in [0.5, 0.6) is 0 Å². The second kappa shape index (κ2) is 7.49. The van der Waals surface area contributed by atoms with Crippen molar-refractivity contribution in [2.75, 3.05) is 25.0 Å². The number of likely N-dealkylation sites (tertiary alicyclic amines) is 1. The number of anilines is 1. The topological polar surface area (TPSA) is 73.1 Å². The molecule has 1 aliphatic rings. The summed E-state index contributed by atoms with van der Waals surface area (Å²) in [5.74, 6) is 1.45. The Balaban J connectivity index is 1.39. The molecule has 24 heavy (non-hydrogen) atoms. The first kappa shape index (κ1) is 16.5. The Hall–Kier alpha value is -2.34. The number of nitrogens with zero attached hydrogens (tertiary/aromatic N) is 2. The maximum atomic E-state index is 12.0. The Morgan fingerprint density at radius 3 is 2.83 bits per heavy atom. The fraction of sp³-hybridized carbons (Fsp3) is 0.444. The number of carbonyl (C=O) groups is 1. The number of aryl methyl sites for hydroxylation is 2. The number of H-pyrrole nitrogens is 1. The number of nitrogens with one attached hydrogen (secondary N) is 3. The molecule has 128 valence electrons. The lowest BCUT2D eigenvalue weighted by atomic mass is 10.1. The quantitative estimate of drug-likeness (QED) is 0.790. The highest BCUT2D eigenvalue weighted by Crippen LogP contribution is 2.17. The zero-order valence-corrected chi connectivity index (χ0v) is 14.3. The van der Waals surface area contributed by atoms with Crippen LogP contribution in [0.25, 0.3) is 0 Å². The number of hydrogen-bond donors (Lipinski definition) is 3. The first-order valence-electron chi connectivity index (χ1n) is 8.43. The van der Waals surface area contributed by atoms with Crippen molar-refractivity contribution in [1.82, 2.24) is 20.2 Å². The SMILES string of the molecule is Cc1ccc(NC(=O)NC[C@@H]2CCN(Cc3cnc(C)[nH]3)C2)cc1. The maximum absolute atomic E-state index is 12.0. The van der Waals surface area contributed by atoms with E-state index < -0.39 is 0 Å². The summed E-state index contributed by atoms with van der Waals surface area (Å²) in [6, 6.07) is 7.67. The van der Waals surface area contributed by atoms with Crippen molar-refractivity contribution in [1.29, 1.82) is 0 Å². The highest BCUT2D eigenvalue weighted by atomic mass is 16.2. The molecule has 1 saturated heterocycles. The van der Waals surface area contributed by atoms with Gasteiger partial charge < -0.3 is 15.6 Å². The summed E-state index contributed by atoms with van der Waals surface area (Å²) in [6.45, 7) is 7.66. The Morgan fingerprint density at radius 1 is 1.33 bits per heavy atom. The molecule has 0 spiro atoms. The van der Waals surface area contributed by atoms with E-state index in [9.17, 15) is 4.79 Å². The van der Waals surface area contributed by atoms with Gasteiger partial charge in [-0.2, -0.15) is 0 Å². The third kappa shape index (κ3) is 4.58. The van der Waals surface area contributed by atoms with Gasteiger partial charge in [0.25, 0.3) is 0 Å². The van der Waals surface area contributed by atoms with Crippen LogP contribution >= 0.6 is 0 Å². The lowest BCUT2D eigenvalue weighted by Gasteiger charge is -2.15. The predicted molar refractivity (Wildman–Crippen MR) is 94.9 cm³/mol. The van der Waals surface area contributed by atoms with Crippen molar-refractivity contribution in [3.05, 3.63) is 47.5 Å². The number of rotatable bonds is 5. The third-order valence-corrected chi connectivity index (χ3v) is 4.38. The third-order valence-electron chi connectivity index (χ3n) is 4.38. The maximum Gasteiger partial charge on any atom is 0.319 e. The van der Waals surface area contributed by atoms with Crippen LogP contribution in [-0.4, -0.2) is 40.5 Å². The Bertz CT molecular complexity index is 679. The van der Waals surface area contributed by atoms with Gasteiger partial charge in [0.05, 0.1) is 0 Å². The lowest BCUT2D eigenvalue weighted by molar-refractivity contribution is 0.249. The van der Waals surface area contributed by atoms with Crippen LogP contribution in [0, 0.1) is 19.8 Å². The largest absolute Gasteiger partial charge is 0.345 e. The van der Waals surface area contributed by atoms with Crippen molar-refractivity contribution >= 4 is 11.7 Å². The van der Waals surface area contributed by atoms with Gasteiger partial charge in [0, 0.05) is 37.2 Å². The van der Waals surface area contributed by atoms with E-state index in [4.69, 9.17) is 0 Å². The average molecular weight is 327 g/mol. The van der Waals surface area contributed by atoms with Gasteiger partial charge in [0.2, 0.25) is 0 Å². The van der Waals surface area contributed by atoms with E-state index in [2.05, 4.69) is 25.5 Å². The highest BCUT2D eigenvalue weighted by Gasteiger charge is 2.23. The summed E-state index contributed by atoms with van der Waals surface area (Å²) < 4.78 is 0. The molecule has 2 aromatic rings. The number of amides is 2. The molecule has 1 fully saturated rings. The fourth-order valence-electron chi connectivity index (χ4n) is 3.07. The van der Waals surface area contributed by atoms with Crippen LogP contribution in [0.4, 0.5) is 10.5 Å². The predicted octanol–water partition coefficient (Wildman–Crippen LogP) is 2.67. The molecule has 0 bridgehead atoms. The van der Waals surface area contributed by atoms with Crippen molar-refractivity contribution in [2.24, 2.45) is 5.92 Å². The number of aromatic amines is 1. The molecule has 6 heteroatoms. The highest BCUT2D eigenvalue weighted by molar-refractivity contribution is 5.89. The first-order chi connectivity index (χ1) is 11.6. The summed E-state index contributed by atoms with van der Waals surface area (Å²) in [6.07, 6.45) is 3.01. The van der Waals surface area contributed by atoms with E-state index in [1.165, 1.54) is 5.56 Å². The molecule has 0 saturated carbocycles. The molecule has 1 atom stereocenters. The van der Waals surface area contributed by atoms with Crippen molar-refractivity contribution in [3.8, 4) is 0 Å². The van der Waals surface area contributed by atoms with Gasteiger partial charge in [-0.05, 0) is 44.9 Å². The van der Waals surface area contributed by atoms with Crippen molar-refractivity contribution < 1.29 is 4.79 Å². The fourth-order valence-corrected chi connectivity index (χ4v) is 3.07. The van der Waals surface area contributed by atoms with Gasteiger partial charge in [-0.1, -0.05) is 17.7 Å². The van der Waals surface area contributed by atoms with Crippen LogP contribution in [0.3, 0.4) is 0 Å². The zero-order chi connectivity index (χ0) is 16.9. The van der Waals surface area contributed by atoms with E-state index in [1.807, 2.05) is 44.3 Å². The van der Waals surface area contributed by atoms with Crippen molar-refractivity contribution in [3.63, 3.8) is 0 Å².